The SMILES string of the molecule is CCC(CC)C(=O)/C=C(\O)C(CC)CC.Cc1c(C2CCC(C(C(F)(F)F)C(F)(F)F)CC2)ccc2c1sc1c(-c3[c-]c4ccccc4c(C(C)(C)C)c3)nccc12.[Ir]. The summed E-state index contributed by atoms with van der Waals surface area (Å²) in [6.07, 6.45) is -3.44. The first-order valence-corrected chi connectivity index (χ1v) is 21.4. The zero-order chi connectivity index (χ0) is 42.7. The maximum absolute atomic E-state index is 13.3. The average Bonchev–Trinajstić information content (AvgIpc) is 3.54. The molecule has 59 heavy (non-hydrogen) atoms. The van der Waals surface area contributed by atoms with Crippen molar-refractivity contribution in [3.05, 3.63) is 89.3 Å². The summed E-state index contributed by atoms with van der Waals surface area (Å²) in [5.74, 6) is -4.22. The van der Waals surface area contributed by atoms with Gasteiger partial charge in [0.15, 0.2) is 11.7 Å². The Bertz CT molecular complexity index is 2220. The number of aryl methyl sites for hydroxylation is 1. The van der Waals surface area contributed by atoms with Crippen LogP contribution in [0.3, 0.4) is 0 Å². The Morgan fingerprint density at radius 1 is 0.831 bits per heavy atom. The molecular weight excluding hydrogens is 961 g/mol. The second-order valence-electron chi connectivity index (χ2n) is 16.9. The average molecular weight is 1020 g/mol. The number of hydrogen-bond acceptors (Lipinski definition) is 4. The molecule has 0 bridgehead atoms. The Labute approximate surface area is 362 Å². The Hall–Kier alpha value is -3.27. The number of carbonyl (C=O) groups excluding carboxylic acids is 1. The fraction of sp³-hybridized carbons (Fsp3) is 0.500. The molecule has 2 heterocycles. The molecule has 1 aliphatic carbocycles. The van der Waals surface area contributed by atoms with E-state index in [4.69, 9.17) is 4.98 Å². The van der Waals surface area contributed by atoms with Crippen molar-refractivity contribution < 1.29 is 56.3 Å². The quantitative estimate of drug-likeness (QED) is 0.0656. The van der Waals surface area contributed by atoms with Crippen molar-refractivity contribution in [3.8, 4) is 11.3 Å². The van der Waals surface area contributed by atoms with Crippen molar-refractivity contribution in [2.75, 3.05) is 0 Å². The van der Waals surface area contributed by atoms with Crippen LogP contribution in [-0.4, -0.2) is 28.2 Å². The maximum Gasteiger partial charge on any atom is 0.400 e. The summed E-state index contributed by atoms with van der Waals surface area (Å²) >= 11 is 1.64. The molecule has 3 aromatic carbocycles. The van der Waals surface area contributed by atoms with Crippen LogP contribution in [0.15, 0.2) is 66.6 Å². The first-order chi connectivity index (χ1) is 27.2. The minimum Gasteiger partial charge on any atom is -0.512 e. The Balaban J connectivity index is 0.000000411. The smallest absolute Gasteiger partial charge is 0.400 e. The predicted octanol–water partition coefficient (Wildman–Crippen LogP) is 15.6. The van der Waals surface area contributed by atoms with E-state index in [0.717, 1.165) is 79.0 Å². The van der Waals surface area contributed by atoms with Gasteiger partial charge in [-0.2, -0.15) is 26.3 Å². The molecule has 11 heteroatoms. The van der Waals surface area contributed by atoms with Gasteiger partial charge in [-0.3, -0.25) is 9.78 Å². The maximum atomic E-state index is 13.3. The first-order valence-electron chi connectivity index (χ1n) is 20.6. The van der Waals surface area contributed by atoms with Gasteiger partial charge in [0.05, 0.1) is 5.76 Å². The number of fused-ring (bicyclic) bond motifs is 4. The van der Waals surface area contributed by atoms with Gasteiger partial charge in [0.1, 0.15) is 0 Å². The van der Waals surface area contributed by atoms with Gasteiger partial charge >= 0.3 is 12.4 Å². The monoisotopic (exact) mass is 1020 g/mol. The molecule has 1 fully saturated rings. The van der Waals surface area contributed by atoms with Gasteiger partial charge in [-0.25, -0.2) is 0 Å². The molecule has 5 aromatic rings. The van der Waals surface area contributed by atoms with E-state index in [-0.39, 0.29) is 67.7 Å². The molecule has 0 saturated heterocycles. The Morgan fingerprint density at radius 2 is 1.41 bits per heavy atom. The van der Waals surface area contributed by atoms with E-state index in [0.29, 0.717) is 12.8 Å². The number of allylic oxidation sites excluding steroid dienone is 2. The number of hydrogen-bond donors (Lipinski definition) is 1. The number of aromatic nitrogens is 1. The molecule has 0 atom stereocenters. The third-order valence-corrected chi connectivity index (χ3v) is 13.5. The molecule has 1 saturated carbocycles. The topological polar surface area (TPSA) is 50.2 Å². The molecule has 0 amide bonds. The Morgan fingerprint density at radius 3 is 1.97 bits per heavy atom. The minimum absolute atomic E-state index is 0. The van der Waals surface area contributed by atoms with E-state index in [1.807, 2.05) is 71.1 Å². The molecule has 0 unspecified atom stereocenters. The summed E-state index contributed by atoms with van der Waals surface area (Å²) < 4.78 is 82.2. The van der Waals surface area contributed by atoms with E-state index in [2.05, 4.69) is 45.0 Å². The van der Waals surface area contributed by atoms with Crippen LogP contribution < -0.4 is 0 Å². The van der Waals surface area contributed by atoms with E-state index in [1.54, 1.807) is 11.3 Å². The van der Waals surface area contributed by atoms with E-state index in [1.165, 1.54) is 11.6 Å². The molecule has 0 aliphatic heterocycles. The summed E-state index contributed by atoms with van der Waals surface area (Å²) in [6.45, 7) is 16.7. The standard InChI is InChI=1S/C35H32F6NS.C13H24O2.Ir/c1-19-24(20-9-11-21(12-10-20)32(34(36,37)38)35(39,40)41)13-14-26-27-15-16-42-29(31(27)43-30(19)26)23-17-22-7-5-6-8-25(22)28(18-23)33(2,3)4;1-5-10(6-2)12(14)9-13(15)11(7-3)8-4;/h5-8,13-16,18,20-21,32H,9-12H2,1-4H3;9-11,14H,5-8H2,1-4H3;/q-1;;/b;12-9-;. The van der Waals surface area contributed by atoms with E-state index >= 15 is 0 Å². The molecule has 323 valence electrons. The van der Waals surface area contributed by atoms with Crippen molar-refractivity contribution >= 4 is 48.1 Å². The van der Waals surface area contributed by atoms with Gasteiger partial charge in [0.25, 0.3) is 0 Å². The molecule has 0 spiro atoms. The number of aliphatic hydroxyl groups excluding tert-OH is 1. The number of benzene rings is 3. The largest absolute Gasteiger partial charge is 0.512 e. The van der Waals surface area contributed by atoms with Crippen LogP contribution in [0.1, 0.15) is 122 Å². The zero-order valence-electron chi connectivity index (χ0n) is 35.1. The number of pyridine rings is 1. The van der Waals surface area contributed by atoms with Crippen molar-refractivity contribution in [3.63, 3.8) is 0 Å². The number of alkyl halides is 6. The number of halogens is 6. The number of thiophene rings is 1. The van der Waals surface area contributed by atoms with Gasteiger partial charge in [-0.1, -0.05) is 89.7 Å². The summed E-state index contributed by atoms with van der Waals surface area (Å²) in [7, 11) is 0. The van der Waals surface area contributed by atoms with Crippen LogP contribution in [-0.2, 0) is 30.3 Å². The fourth-order valence-corrected chi connectivity index (χ4v) is 10.1. The summed E-state index contributed by atoms with van der Waals surface area (Å²) in [4.78, 5) is 16.5. The van der Waals surface area contributed by atoms with E-state index in [9.17, 15) is 36.2 Å². The van der Waals surface area contributed by atoms with Crippen LogP contribution in [0.5, 0.6) is 0 Å². The van der Waals surface area contributed by atoms with Crippen LogP contribution in [0.4, 0.5) is 26.3 Å². The Kier molecular flexibility index (Phi) is 16.1. The molecule has 1 N–H and O–H groups in total. The van der Waals surface area contributed by atoms with Crippen molar-refractivity contribution in [1.29, 1.82) is 0 Å². The number of aliphatic hydroxyl groups is 1. The number of rotatable bonds is 10. The van der Waals surface area contributed by atoms with Crippen molar-refractivity contribution in [2.24, 2.45) is 23.7 Å². The molecule has 2 aromatic heterocycles. The molecule has 1 aliphatic rings. The van der Waals surface area contributed by atoms with Crippen molar-refractivity contribution in [2.45, 2.75) is 130 Å². The van der Waals surface area contributed by atoms with Crippen LogP contribution in [0, 0.1) is 36.7 Å². The van der Waals surface area contributed by atoms with Gasteiger partial charge in [-0.05, 0) is 98.1 Å². The van der Waals surface area contributed by atoms with Gasteiger partial charge in [0, 0.05) is 64.7 Å². The molecule has 3 nitrogen and oxygen atoms in total. The van der Waals surface area contributed by atoms with Gasteiger partial charge in [0.2, 0.25) is 0 Å². The summed E-state index contributed by atoms with van der Waals surface area (Å²) in [5.41, 5.74) is 4.93. The second-order valence-corrected chi connectivity index (χ2v) is 17.9. The van der Waals surface area contributed by atoms with E-state index < -0.39 is 24.2 Å². The third kappa shape index (κ3) is 10.8. The normalized spacial score (nSPS) is 16.9. The summed E-state index contributed by atoms with van der Waals surface area (Å²) in [6, 6.07) is 20.1. The first kappa shape index (κ1) is 48.4. The fourth-order valence-electron chi connectivity index (χ4n) is 8.79. The second kappa shape index (κ2) is 19.6. The number of ketones is 1. The number of carbonyl (C=O) groups is 1. The van der Waals surface area contributed by atoms with Gasteiger partial charge < -0.3 is 5.11 Å². The van der Waals surface area contributed by atoms with Crippen LogP contribution >= 0.6 is 11.3 Å². The molecular formula is C48H56F6IrNO2S-. The number of nitrogens with zero attached hydrogens (tertiary/aromatic N) is 1. The molecule has 6 rings (SSSR count). The minimum atomic E-state index is -5.29. The third-order valence-electron chi connectivity index (χ3n) is 12.2. The van der Waals surface area contributed by atoms with Gasteiger partial charge in [-0.15, -0.1) is 40.5 Å². The van der Waals surface area contributed by atoms with Crippen molar-refractivity contribution in [1.82, 2.24) is 4.98 Å². The van der Waals surface area contributed by atoms with Crippen LogP contribution in [0.2, 0.25) is 0 Å². The zero-order valence-corrected chi connectivity index (χ0v) is 38.3. The predicted molar refractivity (Wildman–Crippen MR) is 227 cm³/mol. The molecule has 1 radical (unpaired) electrons. The van der Waals surface area contributed by atoms with Crippen LogP contribution in [0.25, 0.3) is 42.2 Å². The summed E-state index contributed by atoms with van der Waals surface area (Å²) in [5, 5.41) is 14.1.